The Labute approximate surface area is 126 Å². The highest BCUT2D eigenvalue weighted by Gasteiger charge is 2.01. The molecule has 1 unspecified atom stereocenters. The summed E-state index contributed by atoms with van der Waals surface area (Å²) in [4.78, 5) is 0. The highest BCUT2D eigenvalue weighted by molar-refractivity contribution is 7.99. The SMILES string of the molecule is CCCCCCCCCCCCC(N)CSCCC. The van der Waals surface area contributed by atoms with Crippen LogP contribution in [0.2, 0.25) is 0 Å². The first-order valence-electron chi connectivity index (χ1n) is 8.64. The first kappa shape index (κ1) is 19.3. The Hall–Kier alpha value is 0.310. The van der Waals surface area contributed by atoms with Crippen molar-refractivity contribution in [3.63, 3.8) is 0 Å². The van der Waals surface area contributed by atoms with Gasteiger partial charge in [-0.05, 0) is 18.6 Å². The van der Waals surface area contributed by atoms with Crippen LogP contribution in [0.5, 0.6) is 0 Å². The molecule has 1 atom stereocenters. The molecular weight excluding hydrogens is 250 g/mol. The van der Waals surface area contributed by atoms with Gasteiger partial charge in [-0.3, -0.25) is 0 Å². The fraction of sp³-hybridized carbons (Fsp3) is 1.00. The quantitative estimate of drug-likeness (QED) is 0.387. The molecule has 0 heterocycles. The maximum absolute atomic E-state index is 6.10. The van der Waals surface area contributed by atoms with Crippen molar-refractivity contribution in [2.24, 2.45) is 5.73 Å². The predicted molar refractivity (Wildman–Crippen MR) is 92.1 cm³/mol. The molecule has 0 saturated heterocycles. The molecule has 0 bridgehead atoms. The van der Waals surface area contributed by atoms with Crippen LogP contribution in [0.25, 0.3) is 0 Å². The van der Waals surface area contributed by atoms with Crippen LogP contribution in [0.3, 0.4) is 0 Å². The Morgan fingerprint density at radius 1 is 0.737 bits per heavy atom. The fourth-order valence-electron chi connectivity index (χ4n) is 2.36. The Kier molecular flexibility index (Phi) is 16.6. The topological polar surface area (TPSA) is 26.0 Å². The lowest BCUT2D eigenvalue weighted by Crippen LogP contribution is -2.22. The third-order valence-corrected chi connectivity index (χ3v) is 4.97. The second-order valence-corrected chi connectivity index (χ2v) is 6.96. The van der Waals surface area contributed by atoms with Gasteiger partial charge in [0.2, 0.25) is 0 Å². The highest BCUT2D eigenvalue weighted by Crippen LogP contribution is 2.13. The summed E-state index contributed by atoms with van der Waals surface area (Å²) in [5, 5.41) is 0. The zero-order valence-electron chi connectivity index (χ0n) is 13.5. The number of thioether (sulfide) groups is 1. The first-order valence-corrected chi connectivity index (χ1v) is 9.80. The van der Waals surface area contributed by atoms with Crippen LogP contribution in [0.15, 0.2) is 0 Å². The van der Waals surface area contributed by atoms with Crippen LogP contribution < -0.4 is 5.73 Å². The van der Waals surface area contributed by atoms with Crippen molar-refractivity contribution >= 4 is 11.8 Å². The molecule has 0 saturated carbocycles. The summed E-state index contributed by atoms with van der Waals surface area (Å²) < 4.78 is 0. The molecule has 1 nitrogen and oxygen atoms in total. The van der Waals surface area contributed by atoms with E-state index in [1.165, 1.54) is 82.8 Å². The monoisotopic (exact) mass is 287 g/mol. The molecule has 2 N–H and O–H groups in total. The van der Waals surface area contributed by atoms with Gasteiger partial charge in [-0.15, -0.1) is 0 Å². The number of unbranched alkanes of at least 4 members (excludes halogenated alkanes) is 9. The normalized spacial score (nSPS) is 12.8. The number of hydrogen-bond acceptors (Lipinski definition) is 2. The Morgan fingerprint density at radius 3 is 1.79 bits per heavy atom. The van der Waals surface area contributed by atoms with Gasteiger partial charge in [-0.2, -0.15) is 11.8 Å². The Morgan fingerprint density at radius 2 is 1.26 bits per heavy atom. The standard InChI is InChI=1S/C17H37NS/c1-3-5-6-7-8-9-10-11-12-13-14-17(18)16-19-15-4-2/h17H,3-16,18H2,1-2H3. The summed E-state index contributed by atoms with van der Waals surface area (Å²) in [6, 6.07) is 0.436. The van der Waals surface area contributed by atoms with E-state index in [-0.39, 0.29) is 0 Å². The van der Waals surface area contributed by atoms with Gasteiger partial charge < -0.3 is 5.73 Å². The molecule has 0 radical (unpaired) electrons. The van der Waals surface area contributed by atoms with E-state index in [2.05, 4.69) is 13.8 Å². The van der Waals surface area contributed by atoms with Crippen LogP contribution in [0.1, 0.15) is 90.9 Å². The van der Waals surface area contributed by atoms with Crippen molar-refractivity contribution in [2.75, 3.05) is 11.5 Å². The van der Waals surface area contributed by atoms with Crippen molar-refractivity contribution < 1.29 is 0 Å². The summed E-state index contributed by atoms with van der Waals surface area (Å²) in [6.07, 6.45) is 16.7. The lowest BCUT2D eigenvalue weighted by molar-refractivity contribution is 0.535. The van der Waals surface area contributed by atoms with Gasteiger partial charge in [0.05, 0.1) is 0 Å². The second kappa shape index (κ2) is 16.4. The van der Waals surface area contributed by atoms with Gasteiger partial charge in [0, 0.05) is 11.8 Å². The molecule has 0 rings (SSSR count). The van der Waals surface area contributed by atoms with Crippen molar-refractivity contribution in [3.05, 3.63) is 0 Å². The first-order chi connectivity index (χ1) is 9.31. The zero-order valence-corrected chi connectivity index (χ0v) is 14.3. The minimum atomic E-state index is 0.436. The van der Waals surface area contributed by atoms with Crippen molar-refractivity contribution in [1.82, 2.24) is 0 Å². The van der Waals surface area contributed by atoms with Crippen LogP contribution in [-0.2, 0) is 0 Å². The number of hydrogen-bond donors (Lipinski definition) is 1. The smallest absolute Gasteiger partial charge is 0.0130 e. The molecule has 116 valence electrons. The third-order valence-electron chi connectivity index (χ3n) is 3.61. The molecule has 0 aliphatic rings. The fourth-order valence-corrected chi connectivity index (χ4v) is 3.28. The number of nitrogens with two attached hydrogens (primary N) is 1. The summed E-state index contributed by atoms with van der Waals surface area (Å²) in [5.74, 6) is 2.43. The minimum absolute atomic E-state index is 0.436. The second-order valence-electron chi connectivity index (χ2n) is 5.81. The molecule has 0 aliphatic carbocycles. The lowest BCUT2D eigenvalue weighted by Gasteiger charge is -2.10. The minimum Gasteiger partial charge on any atom is -0.327 e. The molecule has 0 aromatic heterocycles. The molecular formula is C17H37NS. The average molecular weight is 288 g/mol. The van der Waals surface area contributed by atoms with E-state index in [1.807, 2.05) is 11.8 Å². The highest BCUT2D eigenvalue weighted by atomic mass is 32.2. The van der Waals surface area contributed by atoms with Crippen molar-refractivity contribution in [3.8, 4) is 0 Å². The largest absolute Gasteiger partial charge is 0.327 e. The molecule has 2 heteroatoms. The maximum atomic E-state index is 6.10. The summed E-state index contributed by atoms with van der Waals surface area (Å²) in [7, 11) is 0. The molecule has 19 heavy (non-hydrogen) atoms. The van der Waals surface area contributed by atoms with E-state index in [0.29, 0.717) is 6.04 Å². The van der Waals surface area contributed by atoms with Crippen LogP contribution in [-0.4, -0.2) is 17.5 Å². The van der Waals surface area contributed by atoms with E-state index in [4.69, 9.17) is 5.73 Å². The summed E-state index contributed by atoms with van der Waals surface area (Å²) >= 11 is 2.02. The Bertz CT molecular complexity index is 161. The van der Waals surface area contributed by atoms with Crippen molar-refractivity contribution in [1.29, 1.82) is 0 Å². The average Bonchev–Trinajstić information content (AvgIpc) is 2.41. The summed E-state index contributed by atoms with van der Waals surface area (Å²) in [6.45, 7) is 4.52. The lowest BCUT2D eigenvalue weighted by atomic mass is 10.0. The molecule has 0 fully saturated rings. The molecule has 0 spiro atoms. The van der Waals surface area contributed by atoms with Crippen LogP contribution in [0.4, 0.5) is 0 Å². The van der Waals surface area contributed by atoms with Crippen LogP contribution >= 0.6 is 11.8 Å². The Balaban J connectivity index is 3.05. The van der Waals surface area contributed by atoms with E-state index in [0.717, 1.165) is 5.75 Å². The third kappa shape index (κ3) is 16.3. The van der Waals surface area contributed by atoms with E-state index in [9.17, 15) is 0 Å². The van der Waals surface area contributed by atoms with E-state index in [1.54, 1.807) is 0 Å². The molecule has 0 amide bonds. The predicted octanol–water partition coefficient (Wildman–Crippen LogP) is 5.77. The van der Waals surface area contributed by atoms with Gasteiger partial charge in [0.25, 0.3) is 0 Å². The maximum Gasteiger partial charge on any atom is 0.0130 e. The van der Waals surface area contributed by atoms with Gasteiger partial charge in [0.15, 0.2) is 0 Å². The molecule has 0 aromatic rings. The van der Waals surface area contributed by atoms with E-state index < -0.39 is 0 Å². The van der Waals surface area contributed by atoms with Gasteiger partial charge in [-0.25, -0.2) is 0 Å². The summed E-state index contributed by atoms with van der Waals surface area (Å²) in [5.41, 5.74) is 6.10. The number of rotatable bonds is 15. The molecule has 0 aliphatic heterocycles. The van der Waals surface area contributed by atoms with Crippen LogP contribution in [0, 0.1) is 0 Å². The van der Waals surface area contributed by atoms with Gasteiger partial charge in [0.1, 0.15) is 0 Å². The molecule has 0 aromatic carbocycles. The zero-order chi connectivity index (χ0) is 14.2. The van der Waals surface area contributed by atoms with Gasteiger partial charge in [-0.1, -0.05) is 78.1 Å². The van der Waals surface area contributed by atoms with Crippen molar-refractivity contribution in [2.45, 2.75) is 96.9 Å². The van der Waals surface area contributed by atoms with Gasteiger partial charge >= 0.3 is 0 Å². The van der Waals surface area contributed by atoms with E-state index >= 15 is 0 Å².